The zero-order valence-electron chi connectivity index (χ0n) is 13.1. The molecule has 0 bridgehead atoms. The molecule has 3 nitrogen and oxygen atoms in total. The van der Waals surface area contributed by atoms with Gasteiger partial charge in [0.15, 0.2) is 0 Å². The van der Waals surface area contributed by atoms with Crippen LogP contribution in [0.25, 0.3) is 0 Å². The molecule has 1 amide bonds. The fraction of sp³-hybridized carbons (Fsp3) is 0.588. The summed E-state index contributed by atoms with van der Waals surface area (Å²) in [5, 5.41) is 6.01. The number of benzene rings is 1. The van der Waals surface area contributed by atoms with Gasteiger partial charge in [-0.15, -0.1) is 0 Å². The maximum absolute atomic E-state index is 13.6. The highest BCUT2D eigenvalue weighted by Crippen LogP contribution is 2.32. The van der Waals surface area contributed by atoms with E-state index in [0.717, 1.165) is 24.4 Å². The van der Waals surface area contributed by atoms with Crippen molar-refractivity contribution < 1.29 is 9.18 Å². The first-order valence-electron chi connectivity index (χ1n) is 7.79. The van der Waals surface area contributed by atoms with Crippen LogP contribution in [0.3, 0.4) is 0 Å². The molecule has 2 unspecified atom stereocenters. The number of carbonyl (C=O) groups is 1. The summed E-state index contributed by atoms with van der Waals surface area (Å²) in [5.41, 5.74) is 1.11. The lowest BCUT2D eigenvalue weighted by atomic mass is 9.79. The van der Waals surface area contributed by atoms with Crippen LogP contribution in [0, 0.1) is 17.7 Å². The molecule has 1 aromatic carbocycles. The average Bonchev–Trinajstić information content (AvgIpc) is 2.42. The molecule has 4 heteroatoms. The number of hydrogen-bond acceptors (Lipinski definition) is 2. The molecule has 0 aliphatic heterocycles. The van der Waals surface area contributed by atoms with Gasteiger partial charge >= 0.3 is 0 Å². The van der Waals surface area contributed by atoms with Crippen LogP contribution in [0.2, 0.25) is 0 Å². The lowest BCUT2D eigenvalue weighted by molar-refractivity contribution is -0.114. The van der Waals surface area contributed by atoms with Crippen LogP contribution in [0.5, 0.6) is 0 Å². The van der Waals surface area contributed by atoms with E-state index in [1.807, 2.05) is 0 Å². The van der Waals surface area contributed by atoms with Crippen molar-refractivity contribution >= 4 is 17.3 Å². The largest absolute Gasteiger partial charge is 0.382 e. The number of halogens is 1. The lowest BCUT2D eigenvalue weighted by Gasteiger charge is -2.32. The van der Waals surface area contributed by atoms with Crippen molar-refractivity contribution in [1.29, 1.82) is 0 Å². The average molecular weight is 292 g/mol. The molecule has 2 N–H and O–H groups in total. The van der Waals surface area contributed by atoms with Crippen LogP contribution < -0.4 is 10.6 Å². The van der Waals surface area contributed by atoms with Crippen molar-refractivity contribution in [3.8, 4) is 0 Å². The second kappa shape index (κ2) is 6.92. The smallest absolute Gasteiger partial charge is 0.221 e. The van der Waals surface area contributed by atoms with Gasteiger partial charge in [-0.1, -0.05) is 26.7 Å². The molecule has 1 fully saturated rings. The second-order valence-corrected chi connectivity index (χ2v) is 6.39. The van der Waals surface area contributed by atoms with Crippen LogP contribution in [0.4, 0.5) is 15.8 Å². The summed E-state index contributed by atoms with van der Waals surface area (Å²) in [7, 11) is 0. The van der Waals surface area contributed by atoms with Crippen LogP contribution in [-0.4, -0.2) is 11.9 Å². The van der Waals surface area contributed by atoms with Crippen molar-refractivity contribution in [3.05, 3.63) is 24.0 Å². The van der Waals surface area contributed by atoms with Crippen LogP contribution in [0.15, 0.2) is 18.2 Å². The van der Waals surface area contributed by atoms with E-state index >= 15 is 0 Å². The first-order chi connectivity index (χ1) is 9.95. The summed E-state index contributed by atoms with van der Waals surface area (Å²) < 4.78 is 13.6. The van der Waals surface area contributed by atoms with E-state index in [9.17, 15) is 9.18 Å². The minimum Gasteiger partial charge on any atom is -0.382 e. The number of carbonyl (C=O) groups excluding carboxylic acids is 1. The molecule has 1 aliphatic carbocycles. The molecule has 2 rings (SSSR count). The molecule has 1 saturated carbocycles. The van der Waals surface area contributed by atoms with Gasteiger partial charge in [0.2, 0.25) is 5.91 Å². The van der Waals surface area contributed by atoms with Gasteiger partial charge < -0.3 is 10.6 Å². The minimum absolute atomic E-state index is 0.240. The quantitative estimate of drug-likeness (QED) is 0.863. The Bertz CT molecular complexity index is 502. The summed E-state index contributed by atoms with van der Waals surface area (Å²) in [4.78, 5) is 11.1. The molecular weight excluding hydrogens is 267 g/mol. The molecule has 0 aromatic heterocycles. The molecule has 2 atom stereocenters. The highest BCUT2D eigenvalue weighted by Gasteiger charge is 2.24. The molecule has 0 radical (unpaired) electrons. The van der Waals surface area contributed by atoms with Gasteiger partial charge in [0.1, 0.15) is 5.82 Å². The van der Waals surface area contributed by atoms with Gasteiger partial charge in [-0.2, -0.15) is 0 Å². The van der Waals surface area contributed by atoms with Gasteiger partial charge in [-0.25, -0.2) is 4.39 Å². The third-order valence-corrected chi connectivity index (χ3v) is 4.31. The highest BCUT2D eigenvalue weighted by atomic mass is 19.1. The van der Waals surface area contributed by atoms with E-state index in [-0.39, 0.29) is 11.6 Å². The van der Waals surface area contributed by atoms with Crippen molar-refractivity contribution in [2.75, 3.05) is 10.6 Å². The Kier molecular flexibility index (Phi) is 5.21. The SMILES string of the molecule is CC(=O)Nc1cc(NC2CCCC(C(C)C)C2)ccc1F. The molecular formula is C17H25FN2O. The molecule has 21 heavy (non-hydrogen) atoms. The minimum atomic E-state index is -0.403. The Morgan fingerprint density at radius 3 is 2.76 bits per heavy atom. The van der Waals surface area contributed by atoms with Crippen molar-refractivity contribution in [2.45, 2.75) is 52.5 Å². The first kappa shape index (κ1) is 15.8. The first-order valence-corrected chi connectivity index (χ1v) is 7.79. The maximum atomic E-state index is 13.6. The number of rotatable bonds is 4. The Hall–Kier alpha value is -1.58. The van der Waals surface area contributed by atoms with E-state index in [2.05, 4.69) is 24.5 Å². The van der Waals surface area contributed by atoms with Crippen LogP contribution in [-0.2, 0) is 4.79 Å². The predicted octanol–water partition coefficient (Wildman–Crippen LogP) is 4.41. The molecule has 1 aliphatic rings. The summed E-state index contributed by atoms with van der Waals surface area (Å²) >= 11 is 0. The van der Waals surface area contributed by atoms with Gasteiger partial charge in [-0.05, 0) is 42.9 Å². The van der Waals surface area contributed by atoms with Gasteiger partial charge in [0.25, 0.3) is 0 Å². The van der Waals surface area contributed by atoms with Crippen molar-refractivity contribution in [1.82, 2.24) is 0 Å². The van der Waals surface area contributed by atoms with E-state index in [4.69, 9.17) is 0 Å². The van der Waals surface area contributed by atoms with Gasteiger partial charge in [-0.3, -0.25) is 4.79 Å². The number of amides is 1. The topological polar surface area (TPSA) is 41.1 Å². The molecule has 0 saturated heterocycles. The Labute approximate surface area is 126 Å². The number of anilines is 2. The maximum Gasteiger partial charge on any atom is 0.221 e. The zero-order chi connectivity index (χ0) is 15.4. The monoisotopic (exact) mass is 292 g/mol. The Morgan fingerprint density at radius 2 is 2.10 bits per heavy atom. The zero-order valence-corrected chi connectivity index (χ0v) is 13.1. The molecule has 0 heterocycles. The van der Waals surface area contributed by atoms with E-state index in [0.29, 0.717) is 12.0 Å². The molecule has 116 valence electrons. The second-order valence-electron chi connectivity index (χ2n) is 6.39. The van der Waals surface area contributed by atoms with Crippen LogP contribution in [0.1, 0.15) is 46.5 Å². The summed E-state index contributed by atoms with van der Waals surface area (Å²) in [6.45, 7) is 5.94. The molecule has 0 spiro atoms. The third kappa shape index (κ3) is 4.45. The summed E-state index contributed by atoms with van der Waals surface area (Å²) in [6, 6.07) is 5.24. The standard InChI is InChI=1S/C17H25FN2O/c1-11(2)13-5-4-6-14(9-13)20-15-7-8-16(18)17(10-15)19-12(3)21/h7-8,10-11,13-14,20H,4-6,9H2,1-3H3,(H,19,21). The van der Waals surface area contributed by atoms with E-state index in [1.54, 1.807) is 12.1 Å². The summed E-state index contributed by atoms with van der Waals surface area (Å²) in [6.07, 6.45) is 4.84. The van der Waals surface area contributed by atoms with Crippen LogP contribution >= 0.6 is 0 Å². The predicted molar refractivity (Wildman–Crippen MR) is 84.9 cm³/mol. The molecule has 1 aromatic rings. The third-order valence-electron chi connectivity index (χ3n) is 4.31. The Balaban J connectivity index is 2.03. The summed E-state index contributed by atoms with van der Waals surface area (Å²) in [5.74, 6) is 0.798. The Morgan fingerprint density at radius 1 is 1.33 bits per heavy atom. The van der Waals surface area contributed by atoms with Gasteiger partial charge in [0, 0.05) is 18.7 Å². The van der Waals surface area contributed by atoms with E-state index in [1.165, 1.54) is 25.8 Å². The normalized spacial score (nSPS) is 22.1. The van der Waals surface area contributed by atoms with Gasteiger partial charge in [0.05, 0.1) is 5.69 Å². The van der Waals surface area contributed by atoms with Crippen molar-refractivity contribution in [2.24, 2.45) is 11.8 Å². The fourth-order valence-corrected chi connectivity index (χ4v) is 3.10. The van der Waals surface area contributed by atoms with E-state index < -0.39 is 5.82 Å². The van der Waals surface area contributed by atoms with Crippen molar-refractivity contribution in [3.63, 3.8) is 0 Å². The number of nitrogens with one attached hydrogen (secondary N) is 2. The highest BCUT2D eigenvalue weighted by molar-refractivity contribution is 5.89. The number of hydrogen-bond donors (Lipinski definition) is 2. The fourth-order valence-electron chi connectivity index (χ4n) is 3.10. The lowest BCUT2D eigenvalue weighted by Crippen LogP contribution is -2.29.